The van der Waals surface area contributed by atoms with Crippen molar-refractivity contribution in [2.24, 2.45) is 0 Å². The van der Waals surface area contributed by atoms with Gasteiger partial charge in [-0.15, -0.1) is 0 Å². The van der Waals surface area contributed by atoms with Crippen LogP contribution in [-0.4, -0.2) is 55.7 Å². The fourth-order valence-corrected chi connectivity index (χ4v) is 6.50. The van der Waals surface area contributed by atoms with Crippen LogP contribution in [0.2, 0.25) is 0 Å². The van der Waals surface area contributed by atoms with E-state index in [4.69, 9.17) is 4.74 Å². The Labute approximate surface area is 210 Å². The average molecular weight is 486 g/mol. The first-order valence-corrected chi connectivity index (χ1v) is 13.9. The Morgan fingerprint density at radius 3 is 2.63 bits per heavy atom. The maximum absolute atomic E-state index is 16.3. The lowest BCUT2D eigenvalue weighted by Gasteiger charge is -2.49. The number of anilines is 1. The van der Waals surface area contributed by atoms with Gasteiger partial charge >= 0.3 is 0 Å². The molecule has 0 spiro atoms. The minimum absolute atomic E-state index is 0.119. The maximum atomic E-state index is 16.3. The lowest BCUT2D eigenvalue weighted by molar-refractivity contribution is 0.00500. The van der Waals surface area contributed by atoms with Gasteiger partial charge in [-0.3, -0.25) is 10.2 Å². The van der Waals surface area contributed by atoms with Crippen molar-refractivity contribution in [3.8, 4) is 5.75 Å². The number of halogens is 1. The van der Waals surface area contributed by atoms with Crippen LogP contribution in [0.4, 0.5) is 10.1 Å². The highest BCUT2D eigenvalue weighted by atomic mass is 19.1. The molecular formula is C28H44FN5O. The zero-order valence-electron chi connectivity index (χ0n) is 21.8. The molecule has 194 valence electrons. The van der Waals surface area contributed by atoms with Gasteiger partial charge < -0.3 is 20.7 Å². The Hall–Kier alpha value is -1.67. The number of rotatable bonds is 5. The molecule has 3 unspecified atom stereocenters. The van der Waals surface area contributed by atoms with E-state index in [9.17, 15) is 0 Å². The van der Waals surface area contributed by atoms with Gasteiger partial charge in [-0.25, -0.2) is 4.39 Å². The van der Waals surface area contributed by atoms with Crippen LogP contribution in [0.3, 0.4) is 0 Å². The summed E-state index contributed by atoms with van der Waals surface area (Å²) >= 11 is 0. The van der Waals surface area contributed by atoms with E-state index in [1.54, 1.807) is 0 Å². The van der Waals surface area contributed by atoms with E-state index in [0.717, 1.165) is 49.1 Å². The zero-order valence-corrected chi connectivity index (χ0v) is 21.8. The van der Waals surface area contributed by atoms with Crippen LogP contribution in [-0.2, 0) is 6.42 Å². The van der Waals surface area contributed by atoms with E-state index in [1.807, 2.05) is 6.07 Å². The highest BCUT2D eigenvalue weighted by Gasteiger charge is 2.38. The van der Waals surface area contributed by atoms with Crippen molar-refractivity contribution in [3.05, 3.63) is 29.1 Å². The molecule has 7 heteroatoms. The van der Waals surface area contributed by atoms with Crippen molar-refractivity contribution in [1.29, 1.82) is 0 Å². The predicted octanol–water partition coefficient (Wildman–Crippen LogP) is 4.56. The van der Waals surface area contributed by atoms with Crippen LogP contribution in [0, 0.1) is 5.82 Å². The van der Waals surface area contributed by atoms with Crippen LogP contribution in [0.25, 0.3) is 5.57 Å². The molecule has 0 amide bonds. The molecule has 1 aromatic rings. The normalized spacial score (nSPS) is 30.7. The second-order valence-corrected chi connectivity index (χ2v) is 11.0. The van der Waals surface area contributed by atoms with Crippen LogP contribution in [0.1, 0.15) is 82.8 Å². The van der Waals surface area contributed by atoms with E-state index in [2.05, 4.69) is 53.1 Å². The summed E-state index contributed by atoms with van der Waals surface area (Å²) < 4.78 is 22.3. The van der Waals surface area contributed by atoms with Gasteiger partial charge in [0, 0.05) is 36.7 Å². The minimum Gasteiger partial charge on any atom is -0.492 e. The molecule has 4 aliphatic rings. The number of hydrogen-bond donors (Lipinski definition) is 4. The van der Waals surface area contributed by atoms with Gasteiger partial charge in [-0.1, -0.05) is 31.8 Å². The molecule has 0 radical (unpaired) electrons. The fraction of sp³-hybridized carbons (Fsp3) is 0.714. The van der Waals surface area contributed by atoms with Crippen molar-refractivity contribution >= 4 is 11.3 Å². The Morgan fingerprint density at radius 2 is 1.86 bits per heavy atom. The summed E-state index contributed by atoms with van der Waals surface area (Å²) in [6.45, 7) is 5.82. The summed E-state index contributed by atoms with van der Waals surface area (Å²) in [5, 5.41) is 14.5. The third-order valence-electron chi connectivity index (χ3n) is 8.44. The molecule has 4 N–H and O–H groups in total. The smallest absolute Gasteiger partial charge is 0.157 e. The second kappa shape index (κ2) is 11.2. The molecule has 1 saturated heterocycles. The standard InChI is InChI=1S/C28H44FN5O/c1-18-10-11-20(12-14-31-18)25-26(29)23(17-21-13-15-35-27(21)25)33-28-32-19(2)16-24(30-3)34(28)22-8-6-4-5-7-9-22/h12,17-19,22,24,28,30-33H,4-11,13-16H2,1-3H3/t18-,19?,24?,28?/m0/s1. The van der Waals surface area contributed by atoms with Crippen LogP contribution < -0.4 is 26.0 Å². The Balaban J connectivity index is 1.48. The molecule has 3 aliphatic heterocycles. The Bertz CT molecular complexity index is 913. The zero-order chi connectivity index (χ0) is 24.4. The summed E-state index contributed by atoms with van der Waals surface area (Å²) in [6, 6.07) is 3.26. The van der Waals surface area contributed by atoms with Crippen molar-refractivity contribution < 1.29 is 9.13 Å². The molecule has 1 aliphatic carbocycles. The number of nitrogens with one attached hydrogen (secondary N) is 4. The van der Waals surface area contributed by atoms with E-state index in [0.29, 0.717) is 36.0 Å². The number of nitrogens with zero attached hydrogens (tertiary/aromatic N) is 1. The van der Waals surface area contributed by atoms with Crippen molar-refractivity contribution in [2.45, 2.75) is 109 Å². The van der Waals surface area contributed by atoms with Crippen LogP contribution >= 0.6 is 0 Å². The van der Waals surface area contributed by atoms with Crippen molar-refractivity contribution in [1.82, 2.24) is 20.9 Å². The van der Waals surface area contributed by atoms with Gasteiger partial charge in [0.1, 0.15) is 12.0 Å². The summed E-state index contributed by atoms with van der Waals surface area (Å²) in [5.41, 5.74) is 3.45. The van der Waals surface area contributed by atoms with Crippen molar-refractivity contribution in [2.75, 3.05) is 25.5 Å². The fourth-order valence-electron chi connectivity index (χ4n) is 6.50. The summed E-state index contributed by atoms with van der Waals surface area (Å²) in [5.74, 6) is 0.584. The van der Waals surface area contributed by atoms with Gasteiger partial charge in [0.15, 0.2) is 5.82 Å². The molecule has 5 rings (SSSR count). The quantitative estimate of drug-likeness (QED) is 0.459. The van der Waals surface area contributed by atoms with E-state index in [1.165, 1.54) is 38.5 Å². The van der Waals surface area contributed by atoms with Gasteiger partial charge in [-0.2, -0.15) is 0 Å². The summed E-state index contributed by atoms with van der Waals surface area (Å²) in [6.07, 6.45) is 13.6. The molecule has 0 bridgehead atoms. The molecule has 35 heavy (non-hydrogen) atoms. The third-order valence-corrected chi connectivity index (χ3v) is 8.44. The molecule has 0 aromatic heterocycles. The van der Waals surface area contributed by atoms with Gasteiger partial charge in [0.25, 0.3) is 0 Å². The first-order valence-electron chi connectivity index (χ1n) is 13.9. The number of hydrogen-bond acceptors (Lipinski definition) is 6. The molecule has 3 heterocycles. The van der Waals surface area contributed by atoms with E-state index < -0.39 is 0 Å². The highest BCUT2D eigenvalue weighted by molar-refractivity contribution is 5.77. The first kappa shape index (κ1) is 25.0. The predicted molar refractivity (Wildman–Crippen MR) is 141 cm³/mol. The first-order chi connectivity index (χ1) is 17.0. The molecule has 2 fully saturated rings. The number of allylic oxidation sites excluding steroid dienone is 1. The number of fused-ring (bicyclic) bond motifs is 1. The molecular weight excluding hydrogens is 441 g/mol. The maximum Gasteiger partial charge on any atom is 0.157 e. The molecule has 6 nitrogen and oxygen atoms in total. The number of ether oxygens (including phenoxy) is 1. The summed E-state index contributed by atoms with van der Waals surface area (Å²) in [4.78, 5) is 2.56. The van der Waals surface area contributed by atoms with Crippen molar-refractivity contribution in [3.63, 3.8) is 0 Å². The van der Waals surface area contributed by atoms with E-state index in [-0.39, 0.29) is 18.3 Å². The van der Waals surface area contributed by atoms with Gasteiger partial charge in [0.2, 0.25) is 0 Å². The molecule has 1 aromatic carbocycles. The monoisotopic (exact) mass is 485 g/mol. The molecule has 1 saturated carbocycles. The van der Waals surface area contributed by atoms with Crippen LogP contribution in [0.5, 0.6) is 5.75 Å². The Morgan fingerprint density at radius 1 is 1.06 bits per heavy atom. The minimum atomic E-state index is -0.173. The number of benzene rings is 1. The molecule has 4 atom stereocenters. The van der Waals surface area contributed by atoms with Gasteiger partial charge in [0.05, 0.1) is 24.0 Å². The lowest BCUT2D eigenvalue weighted by atomic mass is 9.95. The summed E-state index contributed by atoms with van der Waals surface area (Å²) in [7, 11) is 2.06. The largest absolute Gasteiger partial charge is 0.492 e. The highest BCUT2D eigenvalue weighted by Crippen LogP contribution is 2.42. The van der Waals surface area contributed by atoms with E-state index >= 15 is 4.39 Å². The topological polar surface area (TPSA) is 60.6 Å². The average Bonchev–Trinajstić information content (AvgIpc) is 3.02. The van der Waals surface area contributed by atoms with Gasteiger partial charge in [-0.05, 0) is 64.6 Å². The lowest BCUT2D eigenvalue weighted by Crippen LogP contribution is -2.68. The van der Waals surface area contributed by atoms with Crippen LogP contribution in [0.15, 0.2) is 12.1 Å². The second-order valence-electron chi connectivity index (χ2n) is 11.0. The third kappa shape index (κ3) is 5.38. The SMILES string of the molecule is CNC1CC(C)NC(Nc2cc3c(c(C4=CCN[C@@H](C)CC4)c2F)OCC3)N1C1CCCCCC1. The Kier molecular flexibility index (Phi) is 7.97.